The number of carbonyl (C=O) groups is 1. The van der Waals surface area contributed by atoms with Gasteiger partial charge in [0, 0.05) is 35.0 Å². The normalized spacial score (nSPS) is 14.7. The molecule has 1 aliphatic rings. The van der Waals surface area contributed by atoms with Crippen molar-refractivity contribution in [2.75, 3.05) is 13.1 Å². The number of rotatable bonds is 4. The van der Waals surface area contributed by atoms with Gasteiger partial charge in [-0.2, -0.15) is 0 Å². The number of hydrogen-bond acceptors (Lipinski definition) is 4. The molecule has 136 valence electrons. The lowest BCUT2D eigenvalue weighted by atomic mass is 10.1. The fourth-order valence-electron chi connectivity index (χ4n) is 2.98. The summed E-state index contributed by atoms with van der Waals surface area (Å²) in [6.07, 6.45) is 4.01. The molecule has 3 rings (SSSR count). The van der Waals surface area contributed by atoms with E-state index < -0.39 is 4.92 Å². The van der Waals surface area contributed by atoms with Crippen LogP contribution in [0.3, 0.4) is 0 Å². The van der Waals surface area contributed by atoms with E-state index in [1.807, 2.05) is 0 Å². The highest BCUT2D eigenvalue weighted by atomic mass is 32.2. The number of benzene rings is 2. The quantitative estimate of drug-likeness (QED) is 0.564. The molecular formula is C19H19FN2O3S. The topological polar surface area (TPSA) is 63.4 Å². The van der Waals surface area contributed by atoms with Gasteiger partial charge in [-0.1, -0.05) is 36.7 Å². The van der Waals surface area contributed by atoms with Crippen molar-refractivity contribution in [1.29, 1.82) is 0 Å². The van der Waals surface area contributed by atoms with Crippen molar-refractivity contribution < 1.29 is 14.1 Å². The summed E-state index contributed by atoms with van der Waals surface area (Å²) in [7, 11) is 0. The highest BCUT2D eigenvalue weighted by Gasteiger charge is 2.23. The first-order valence-corrected chi connectivity index (χ1v) is 9.38. The third-order valence-electron chi connectivity index (χ3n) is 4.35. The van der Waals surface area contributed by atoms with E-state index in [4.69, 9.17) is 0 Å². The number of carbonyl (C=O) groups excluding carboxylic acids is 1. The van der Waals surface area contributed by atoms with E-state index in [0.717, 1.165) is 37.4 Å². The smallest absolute Gasteiger partial charge is 0.270 e. The van der Waals surface area contributed by atoms with Gasteiger partial charge < -0.3 is 4.90 Å². The summed E-state index contributed by atoms with van der Waals surface area (Å²) in [6.45, 7) is 1.29. The lowest BCUT2D eigenvalue weighted by molar-refractivity contribution is -0.384. The van der Waals surface area contributed by atoms with E-state index >= 15 is 0 Å². The zero-order valence-electron chi connectivity index (χ0n) is 14.2. The van der Waals surface area contributed by atoms with Crippen molar-refractivity contribution in [3.05, 3.63) is 64.0 Å². The molecule has 0 saturated carbocycles. The van der Waals surface area contributed by atoms with Crippen LogP contribution in [0.4, 0.5) is 10.1 Å². The SMILES string of the molecule is O=C(c1cc([N+](=O)[O-])ccc1Sc1ccccc1F)N1CCCCCC1. The number of halogens is 1. The lowest BCUT2D eigenvalue weighted by Crippen LogP contribution is -2.32. The van der Waals surface area contributed by atoms with Gasteiger partial charge in [-0.3, -0.25) is 14.9 Å². The molecule has 0 atom stereocenters. The standard InChI is InChI=1S/C19H19FN2O3S/c20-16-7-3-4-8-18(16)26-17-10-9-14(22(24)25)13-15(17)19(23)21-11-5-1-2-6-12-21/h3-4,7-10,13H,1-2,5-6,11-12H2. The zero-order chi connectivity index (χ0) is 18.5. The summed E-state index contributed by atoms with van der Waals surface area (Å²) in [4.78, 5) is 26.3. The van der Waals surface area contributed by atoms with Crippen molar-refractivity contribution in [3.8, 4) is 0 Å². The Morgan fingerprint density at radius 1 is 1.04 bits per heavy atom. The number of nitro benzene ring substituents is 1. The molecule has 0 aromatic heterocycles. The minimum atomic E-state index is -0.517. The molecule has 0 N–H and O–H groups in total. The van der Waals surface area contributed by atoms with Crippen molar-refractivity contribution in [1.82, 2.24) is 4.90 Å². The third-order valence-corrected chi connectivity index (χ3v) is 5.48. The lowest BCUT2D eigenvalue weighted by Gasteiger charge is -2.21. The van der Waals surface area contributed by atoms with Crippen LogP contribution in [0.15, 0.2) is 52.3 Å². The molecule has 0 spiro atoms. The van der Waals surface area contributed by atoms with Crippen LogP contribution in [0.2, 0.25) is 0 Å². The van der Waals surface area contributed by atoms with Crippen molar-refractivity contribution in [2.45, 2.75) is 35.5 Å². The molecule has 2 aromatic rings. The summed E-state index contributed by atoms with van der Waals surface area (Å²) in [5, 5.41) is 11.1. The number of hydrogen-bond donors (Lipinski definition) is 0. The maximum absolute atomic E-state index is 14.0. The molecule has 2 aromatic carbocycles. The first-order valence-electron chi connectivity index (χ1n) is 8.56. The van der Waals surface area contributed by atoms with E-state index in [9.17, 15) is 19.3 Å². The highest BCUT2D eigenvalue weighted by Crippen LogP contribution is 2.34. The van der Waals surface area contributed by atoms with Gasteiger partial charge in [-0.25, -0.2) is 4.39 Å². The highest BCUT2D eigenvalue weighted by molar-refractivity contribution is 7.99. The van der Waals surface area contributed by atoms with Gasteiger partial charge in [0.05, 0.1) is 10.5 Å². The van der Waals surface area contributed by atoms with Gasteiger partial charge in [-0.15, -0.1) is 0 Å². The van der Waals surface area contributed by atoms with Crippen LogP contribution in [0.5, 0.6) is 0 Å². The van der Waals surface area contributed by atoms with Gasteiger partial charge in [0.15, 0.2) is 0 Å². The molecular weight excluding hydrogens is 355 g/mol. The Labute approximate surface area is 155 Å². The number of nitro groups is 1. The van der Waals surface area contributed by atoms with Gasteiger partial charge in [-0.05, 0) is 31.0 Å². The summed E-state index contributed by atoms with van der Waals surface area (Å²) in [5.74, 6) is -0.613. The second kappa shape index (κ2) is 8.31. The molecule has 26 heavy (non-hydrogen) atoms. The fraction of sp³-hybridized carbons (Fsp3) is 0.316. The Hall–Kier alpha value is -2.41. The fourth-order valence-corrected chi connectivity index (χ4v) is 3.92. The van der Waals surface area contributed by atoms with Gasteiger partial charge in [0.2, 0.25) is 0 Å². The molecule has 1 aliphatic heterocycles. The first-order chi connectivity index (χ1) is 12.6. The number of nitrogens with zero attached hydrogens (tertiary/aromatic N) is 2. The molecule has 0 radical (unpaired) electrons. The van der Waals surface area contributed by atoms with Crippen LogP contribution < -0.4 is 0 Å². The maximum Gasteiger partial charge on any atom is 0.270 e. The molecule has 5 nitrogen and oxygen atoms in total. The molecule has 1 fully saturated rings. The molecule has 0 aliphatic carbocycles. The Bertz CT molecular complexity index is 820. The average Bonchev–Trinajstić information content (AvgIpc) is 2.92. The molecule has 1 saturated heterocycles. The van der Waals surface area contributed by atoms with Crippen LogP contribution in [-0.4, -0.2) is 28.8 Å². The minimum absolute atomic E-state index is 0.138. The largest absolute Gasteiger partial charge is 0.339 e. The molecule has 1 amide bonds. The third kappa shape index (κ3) is 4.22. The van der Waals surface area contributed by atoms with Gasteiger partial charge >= 0.3 is 0 Å². The van der Waals surface area contributed by atoms with E-state index in [0.29, 0.717) is 22.9 Å². The van der Waals surface area contributed by atoms with Crippen LogP contribution >= 0.6 is 11.8 Å². The maximum atomic E-state index is 14.0. The second-order valence-electron chi connectivity index (χ2n) is 6.18. The van der Waals surface area contributed by atoms with Crippen LogP contribution in [0, 0.1) is 15.9 Å². The van der Waals surface area contributed by atoms with Crippen LogP contribution in [0.25, 0.3) is 0 Å². The van der Waals surface area contributed by atoms with Gasteiger partial charge in [0.1, 0.15) is 5.82 Å². The molecule has 0 bridgehead atoms. The van der Waals surface area contributed by atoms with Crippen molar-refractivity contribution in [3.63, 3.8) is 0 Å². The molecule has 0 unspecified atom stereocenters. The second-order valence-corrected chi connectivity index (χ2v) is 7.26. The molecule has 7 heteroatoms. The number of amides is 1. The summed E-state index contributed by atoms with van der Waals surface area (Å²) in [6, 6.07) is 10.5. The van der Waals surface area contributed by atoms with E-state index in [-0.39, 0.29) is 23.0 Å². The van der Waals surface area contributed by atoms with Crippen LogP contribution in [-0.2, 0) is 0 Å². The van der Waals surface area contributed by atoms with Gasteiger partial charge in [0.25, 0.3) is 11.6 Å². The van der Waals surface area contributed by atoms with Crippen molar-refractivity contribution >= 4 is 23.4 Å². The Morgan fingerprint density at radius 2 is 1.73 bits per heavy atom. The van der Waals surface area contributed by atoms with E-state index in [2.05, 4.69) is 0 Å². The van der Waals surface area contributed by atoms with Crippen molar-refractivity contribution in [2.24, 2.45) is 0 Å². The van der Waals surface area contributed by atoms with Crippen LogP contribution in [0.1, 0.15) is 36.0 Å². The zero-order valence-corrected chi connectivity index (χ0v) is 15.0. The first kappa shape index (κ1) is 18.4. The number of non-ortho nitro benzene ring substituents is 1. The Morgan fingerprint density at radius 3 is 2.38 bits per heavy atom. The summed E-state index contributed by atoms with van der Waals surface area (Å²) < 4.78 is 14.0. The van der Waals surface area contributed by atoms with E-state index in [1.54, 1.807) is 23.1 Å². The summed E-state index contributed by atoms with van der Waals surface area (Å²) in [5.41, 5.74) is 0.121. The minimum Gasteiger partial charge on any atom is -0.339 e. The number of likely N-dealkylation sites (tertiary alicyclic amines) is 1. The van der Waals surface area contributed by atoms with E-state index in [1.165, 1.54) is 24.3 Å². The predicted octanol–water partition coefficient (Wildman–Crippen LogP) is 4.90. The average molecular weight is 374 g/mol. The monoisotopic (exact) mass is 374 g/mol. The Kier molecular flexibility index (Phi) is 5.88. The predicted molar refractivity (Wildman–Crippen MR) is 98.0 cm³/mol. The summed E-state index contributed by atoms with van der Waals surface area (Å²) >= 11 is 1.11. The Balaban J connectivity index is 1.97. The molecule has 1 heterocycles.